The van der Waals surface area contributed by atoms with E-state index in [9.17, 15) is 0 Å². The molecule has 0 amide bonds. The van der Waals surface area contributed by atoms with Gasteiger partial charge < -0.3 is 0 Å². The molecule has 6 rings (SSSR count). The van der Waals surface area contributed by atoms with Crippen molar-refractivity contribution in [1.82, 2.24) is 0 Å². The maximum absolute atomic E-state index is 8.49. The summed E-state index contributed by atoms with van der Waals surface area (Å²) in [6, 6.07) is 49.9. The second kappa shape index (κ2) is 11.8. The predicted molar refractivity (Wildman–Crippen MR) is 147 cm³/mol. The van der Waals surface area contributed by atoms with Gasteiger partial charge in [0.1, 0.15) is 7.05 Å². The van der Waals surface area contributed by atoms with Crippen LogP contribution in [0.25, 0.3) is 55.5 Å². The highest BCUT2D eigenvalue weighted by atomic mass is 35.7. The van der Waals surface area contributed by atoms with Crippen LogP contribution in [0.4, 0.5) is 0 Å². The monoisotopic (exact) mass is 547 g/mol. The lowest BCUT2D eigenvalue weighted by atomic mass is 9.86. The lowest BCUT2D eigenvalue weighted by Crippen LogP contribution is -2.68. The number of rotatable bonds is 4. The molecule has 0 aliphatic heterocycles. The van der Waals surface area contributed by atoms with Gasteiger partial charge in [0, 0.05) is 17.5 Å². The second-order valence-electron chi connectivity index (χ2n) is 9.26. The van der Waals surface area contributed by atoms with Crippen LogP contribution in [0.3, 0.4) is 0 Å². The van der Waals surface area contributed by atoms with Crippen LogP contribution in [-0.4, -0.2) is 0 Å². The van der Waals surface area contributed by atoms with Gasteiger partial charge in [-0.1, -0.05) is 103 Å². The zero-order valence-electron chi connectivity index (χ0n) is 21.7. The Kier molecular flexibility index (Phi) is 8.03. The Balaban J connectivity index is 0.000000595. The SMILES string of the molecule is C[n+]1c(-c2c(-c3ccccc3)cc(-c3ccccc3)cc2-c2ccccc2)ccc2ccccc21.[O-][Cl+3]([O-])([O-])[O-]. The van der Waals surface area contributed by atoms with Crippen molar-refractivity contribution < 1.29 is 33.4 Å². The Morgan fingerprint density at radius 2 is 0.900 bits per heavy atom. The minimum atomic E-state index is -4.94. The molecule has 0 saturated carbocycles. The molecular formula is C34H26ClNO4. The second-order valence-corrected chi connectivity index (χ2v) is 10.0. The Morgan fingerprint density at radius 3 is 1.40 bits per heavy atom. The number of para-hydroxylation sites is 1. The molecule has 0 spiro atoms. The molecule has 40 heavy (non-hydrogen) atoms. The number of nitrogens with zero attached hydrogens (tertiary/aromatic N) is 1. The van der Waals surface area contributed by atoms with Crippen LogP contribution >= 0.6 is 0 Å². The molecule has 5 nitrogen and oxygen atoms in total. The topological polar surface area (TPSA) is 96.1 Å². The van der Waals surface area contributed by atoms with Crippen molar-refractivity contribution in [3.63, 3.8) is 0 Å². The van der Waals surface area contributed by atoms with Gasteiger partial charge in [0.05, 0.1) is 5.56 Å². The Morgan fingerprint density at radius 1 is 0.475 bits per heavy atom. The summed E-state index contributed by atoms with van der Waals surface area (Å²) in [5.41, 5.74) is 11.0. The van der Waals surface area contributed by atoms with Crippen LogP contribution in [0.15, 0.2) is 140 Å². The molecule has 6 heteroatoms. The van der Waals surface area contributed by atoms with E-state index in [1.165, 1.54) is 55.5 Å². The Labute approximate surface area is 235 Å². The maximum atomic E-state index is 8.49. The highest BCUT2D eigenvalue weighted by Crippen LogP contribution is 2.42. The van der Waals surface area contributed by atoms with Crippen molar-refractivity contribution >= 4 is 10.9 Å². The van der Waals surface area contributed by atoms with Crippen LogP contribution in [0.1, 0.15) is 0 Å². The number of aryl methyl sites for hydroxylation is 1. The number of pyridine rings is 1. The molecule has 0 radical (unpaired) electrons. The van der Waals surface area contributed by atoms with E-state index in [2.05, 4.69) is 151 Å². The van der Waals surface area contributed by atoms with Gasteiger partial charge in [0.2, 0.25) is 11.2 Å². The predicted octanol–water partition coefficient (Wildman–Crippen LogP) is 3.58. The summed E-state index contributed by atoms with van der Waals surface area (Å²) in [6.07, 6.45) is 0. The molecule has 0 saturated heterocycles. The first-order valence-electron chi connectivity index (χ1n) is 12.6. The zero-order valence-corrected chi connectivity index (χ0v) is 22.5. The van der Waals surface area contributed by atoms with Crippen LogP contribution in [0, 0.1) is 10.2 Å². The van der Waals surface area contributed by atoms with Crippen molar-refractivity contribution in [3.05, 3.63) is 140 Å². The quantitative estimate of drug-likeness (QED) is 0.315. The van der Waals surface area contributed by atoms with Crippen LogP contribution in [-0.2, 0) is 7.05 Å². The van der Waals surface area contributed by atoms with E-state index in [0.29, 0.717) is 0 Å². The summed E-state index contributed by atoms with van der Waals surface area (Å²) in [5.74, 6) is 0. The maximum Gasteiger partial charge on any atom is 0.214 e. The number of fused-ring (bicyclic) bond motifs is 1. The van der Waals surface area contributed by atoms with Crippen LogP contribution < -0.4 is 23.2 Å². The van der Waals surface area contributed by atoms with Gasteiger partial charge in [-0.3, -0.25) is 0 Å². The van der Waals surface area contributed by atoms with Gasteiger partial charge in [-0.2, -0.15) is 4.57 Å². The third kappa shape index (κ3) is 6.26. The summed E-state index contributed by atoms with van der Waals surface area (Å²) < 4.78 is 36.3. The molecule has 0 fully saturated rings. The first-order chi connectivity index (χ1) is 19.3. The number of hydrogen-bond donors (Lipinski definition) is 0. The van der Waals surface area contributed by atoms with Crippen molar-refractivity contribution in [2.24, 2.45) is 7.05 Å². The van der Waals surface area contributed by atoms with Crippen molar-refractivity contribution in [1.29, 1.82) is 0 Å². The standard InChI is InChI=1S/C34H26N.ClHO4/c1-35-32-20-12-11-19-28(32)21-22-33(35)34-30(26-15-7-3-8-16-26)23-29(25-13-5-2-6-14-25)24-31(34)27-17-9-4-10-18-27;2-1(3,4)5/h2-24H,1H3;(H,2,3,4,5)/q+1;/p-1. The molecule has 6 aromatic rings. The van der Waals surface area contributed by atoms with Gasteiger partial charge in [-0.15, -0.1) is 10.2 Å². The molecular weight excluding hydrogens is 522 g/mol. The summed E-state index contributed by atoms with van der Waals surface area (Å²) >= 11 is 0. The third-order valence-corrected chi connectivity index (χ3v) is 6.75. The highest BCUT2D eigenvalue weighted by Gasteiger charge is 2.23. The fourth-order valence-electron chi connectivity index (χ4n) is 5.00. The zero-order chi connectivity index (χ0) is 28.1. The normalized spacial score (nSPS) is 11.1. The number of benzene rings is 5. The summed E-state index contributed by atoms with van der Waals surface area (Å²) in [7, 11) is -2.77. The smallest absolute Gasteiger partial charge is 0.214 e. The first kappa shape index (κ1) is 27.2. The largest absolute Gasteiger partial charge is 0.222 e. The van der Waals surface area contributed by atoms with E-state index < -0.39 is 10.2 Å². The lowest BCUT2D eigenvalue weighted by molar-refractivity contribution is -2.00. The summed E-state index contributed by atoms with van der Waals surface area (Å²) in [4.78, 5) is 0. The molecule has 1 aromatic heterocycles. The van der Waals surface area contributed by atoms with Crippen molar-refractivity contribution in [2.45, 2.75) is 0 Å². The fourth-order valence-corrected chi connectivity index (χ4v) is 5.00. The lowest BCUT2D eigenvalue weighted by Gasteiger charge is -2.18. The molecule has 0 aliphatic rings. The molecule has 198 valence electrons. The molecule has 0 atom stereocenters. The minimum Gasteiger partial charge on any atom is -0.222 e. The Bertz CT molecular complexity index is 1670. The highest BCUT2D eigenvalue weighted by molar-refractivity contribution is 5.96. The van der Waals surface area contributed by atoms with Crippen LogP contribution in [0.2, 0.25) is 0 Å². The van der Waals surface area contributed by atoms with Gasteiger partial charge in [0.25, 0.3) is 0 Å². The third-order valence-electron chi connectivity index (χ3n) is 6.75. The number of halogens is 1. The molecule has 0 N–H and O–H groups in total. The molecule has 0 unspecified atom stereocenters. The van der Waals surface area contributed by atoms with Crippen LogP contribution in [0.5, 0.6) is 0 Å². The van der Waals surface area contributed by atoms with E-state index in [0.717, 1.165) is 0 Å². The Hall–Kier alpha value is -4.36. The van der Waals surface area contributed by atoms with Gasteiger partial charge in [-0.25, -0.2) is 18.6 Å². The summed E-state index contributed by atoms with van der Waals surface area (Å²) in [5, 5.41) is 1.24. The van der Waals surface area contributed by atoms with E-state index in [1.807, 2.05) is 0 Å². The minimum absolute atomic E-state index is 1.20. The van der Waals surface area contributed by atoms with E-state index >= 15 is 0 Å². The van der Waals surface area contributed by atoms with E-state index in [4.69, 9.17) is 18.6 Å². The fraction of sp³-hybridized carbons (Fsp3) is 0.0294. The van der Waals surface area contributed by atoms with Crippen molar-refractivity contribution in [3.8, 4) is 44.6 Å². The molecule has 1 heterocycles. The van der Waals surface area contributed by atoms with Crippen molar-refractivity contribution in [2.75, 3.05) is 0 Å². The molecule has 0 bridgehead atoms. The van der Waals surface area contributed by atoms with E-state index in [1.54, 1.807) is 0 Å². The average Bonchev–Trinajstić information content (AvgIpc) is 2.97. The first-order valence-corrected chi connectivity index (χ1v) is 13.9. The molecule has 5 aromatic carbocycles. The van der Waals surface area contributed by atoms with Gasteiger partial charge >= 0.3 is 0 Å². The number of hydrogen-bond acceptors (Lipinski definition) is 4. The van der Waals surface area contributed by atoms with Gasteiger partial charge in [0.15, 0.2) is 0 Å². The van der Waals surface area contributed by atoms with E-state index in [-0.39, 0.29) is 0 Å². The number of aromatic nitrogens is 1. The summed E-state index contributed by atoms with van der Waals surface area (Å²) in [6.45, 7) is 0. The molecule has 0 aliphatic carbocycles. The average molecular weight is 548 g/mol. The van der Waals surface area contributed by atoms with Gasteiger partial charge in [-0.05, 0) is 57.6 Å².